The minimum absolute atomic E-state index is 0.175. The van der Waals surface area contributed by atoms with E-state index < -0.39 is 0 Å². The molecule has 0 bridgehead atoms. The summed E-state index contributed by atoms with van der Waals surface area (Å²) in [7, 11) is 1.67. The van der Waals surface area contributed by atoms with Crippen molar-refractivity contribution in [3.63, 3.8) is 0 Å². The molecule has 0 amide bonds. The Morgan fingerprint density at radius 2 is 1.88 bits per heavy atom. The second-order valence-corrected chi connectivity index (χ2v) is 5.69. The van der Waals surface area contributed by atoms with Gasteiger partial charge in [-0.2, -0.15) is 14.6 Å². The van der Waals surface area contributed by atoms with Gasteiger partial charge in [0.15, 0.2) is 5.65 Å². The van der Waals surface area contributed by atoms with Crippen molar-refractivity contribution >= 4 is 5.65 Å². The number of nitrogens with zero attached hydrogens (tertiary/aromatic N) is 4. The summed E-state index contributed by atoms with van der Waals surface area (Å²) in [4.78, 5) is 7.93. The molecule has 0 aliphatic rings. The number of benzene rings is 2. The molecule has 0 atom stereocenters. The summed E-state index contributed by atoms with van der Waals surface area (Å²) in [6.45, 7) is 0. The van der Waals surface area contributed by atoms with Gasteiger partial charge in [0.25, 0.3) is 0 Å². The van der Waals surface area contributed by atoms with Gasteiger partial charge in [-0.25, -0.2) is 4.98 Å². The first-order chi connectivity index (χ1) is 12.2. The van der Waals surface area contributed by atoms with E-state index in [1.807, 2.05) is 30.3 Å². The van der Waals surface area contributed by atoms with Crippen LogP contribution in [0.25, 0.3) is 16.8 Å². The van der Waals surface area contributed by atoms with E-state index in [0.29, 0.717) is 5.65 Å². The molecule has 6 heteroatoms. The molecule has 0 spiro atoms. The molecule has 0 fully saturated rings. The molecule has 2 aromatic carbocycles. The summed E-state index contributed by atoms with van der Waals surface area (Å²) in [5.41, 5.74) is 4.81. The summed E-state index contributed by atoms with van der Waals surface area (Å²) in [5.74, 6) is 0.861. The summed E-state index contributed by atoms with van der Waals surface area (Å²) >= 11 is 0. The van der Waals surface area contributed by atoms with Crippen molar-refractivity contribution in [1.29, 1.82) is 0 Å². The lowest BCUT2D eigenvalue weighted by Gasteiger charge is -2.06. The van der Waals surface area contributed by atoms with Crippen LogP contribution in [0.3, 0.4) is 0 Å². The van der Waals surface area contributed by atoms with E-state index in [9.17, 15) is 5.11 Å². The molecule has 0 radical (unpaired) electrons. The van der Waals surface area contributed by atoms with E-state index in [1.54, 1.807) is 13.3 Å². The summed E-state index contributed by atoms with van der Waals surface area (Å²) in [5, 5.41) is 13.9. The highest BCUT2D eigenvalue weighted by molar-refractivity contribution is 5.77. The van der Waals surface area contributed by atoms with Crippen LogP contribution in [0, 0.1) is 0 Å². The molecule has 0 saturated heterocycles. The molecular formula is C19H16N4O2. The topological polar surface area (TPSA) is 72.5 Å². The van der Waals surface area contributed by atoms with Crippen LogP contribution < -0.4 is 4.74 Å². The van der Waals surface area contributed by atoms with Crippen molar-refractivity contribution in [2.75, 3.05) is 7.11 Å². The molecule has 2 aromatic heterocycles. The van der Waals surface area contributed by atoms with Gasteiger partial charge in [-0.3, -0.25) is 0 Å². The van der Waals surface area contributed by atoms with Crippen LogP contribution in [0.4, 0.5) is 0 Å². The van der Waals surface area contributed by atoms with Crippen LogP contribution >= 0.6 is 0 Å². The fourth-order valence-corrected chi connectivity index (χ4v) is 2.83. The molecule has 2 heterocycles. The van der Waals surface area contributed by atoms with Gasteiger partial charge in [0, 0.05) is 5.56 Å². The second-order valence-electron chi connectivity index (χ2n) is 5.69. The van der Waals surface area contributed by atoms with Crippen molar-refractivity contribution in [3.8, 4) is 22.9 Å². The highest BCUT2D eigenvalue weighted by Gasteiger charge is 2.10. The first-order valence-electron chi connectivity index (χ1n) is 7.84. The molecule has 4 aromatic rings. The fourth-order valence-electron chi connectivity index (χ4n) is 2.83. The maximum absolute atomic E-state index is 9.72. The van der Waals surface area contributed by atoms with Gasteiger partial charge >= 0.3 is 6.01 Å². The average molecular weight is 332 g/mol. The van der Waals surface area contributed by atoms with Crippen LogP contribution in [-0.4, -0.2) is 31.8 Å². The first kappa shape index (κ1) is 15.1. The largest absolute Gasteiger partial charge is 0.497 e. The average Bonchev–Trinajstić information content (AvgIpc) is 3.08. The Morgan fingerprint density at radius 1 is 1.04 bits per heavy atom. The number of rotatable bonds is 4. The summed E-state index contributed by atoms with van der Waals surface area (Å²) in [6.07, 6.45) is 3.84. The van der Waals surface area contributed by atoms with E-state index in [1.165, 1.54) is 22.0 Å². The number of hydrogen-bond acceptors (Lipinski definition) is 5. The Hall–Kier alpha value is -3.41. The number of ether oxygens (including phenoxy) is 1. The van der Waals surface area contributed by atoms with Gasteiger partial charge in [0.1, 0.15) is 12.1 Å². The zero-order valence-electron chi connectivity index (χ0n) is 13.6. The Morgan fingerprint density at radius 3 is 2.68 bits per heavy atom. The van der Waals surface area contributed by atoms with E-state index in [2.05, 4.69) is 33.3 Å². The molecule has 25 heavy (non-hydrogen) atoms. The zero-order valence-corrected chi connectivity index (χ0v) is 13.6. The summed E-state index contributed by atoms with van der Waals surface area (Å²) in [6, 6.07) is 16.1. The molecule has 0 unspecified atom stereocenters. The Kier molecular flexibility index (Phi) is 3.78. The number of fused-ring (bicyclic) bond motifs is 1. The Bertz CT molecular complexity index is 1030. The van der Waals surface area contributed by atoms with Gasteiger partial charge in [-0.05, 0) is 35.2 Å². The molecule has 0 aliphatic carbocycles. The third-order valence-corrected chi connectivity index (χ3v) is 4.09. The van der Waals surface area contributed by atoms with Gasteiger partial charge in [0.05, 0.1) is 13.3 Å². The normalized spacial score (nSPS) is 10.9. The smallest absolute Gasteiger partial charge is 0.318 e. The number of methoxy groups -OCH3 is 1. The lowest BCUT2D eigenvalue weighted by molar-refractivity contribution is 0.411. The van der Waals surface area contributed by atoms with E-state index in [-0.39, 0.29) is 6.01 Å². The van der Waals surface area contributed by atoms with Crippen LogP contribution in [0.1, 0.15) is 11.1 Å². The molecule has 0 aliphatic heterocycles. The molecular weight excluding hydrogens is 316 g/mol. The second kappa shape index (κ2) is 6.24. The van der Waals surface area contributed by atoms with Crippen LogP contribution in [0.5, 0.6) is 11.8 Å². The minimum atomic E-state index is -0.175. The monoisotopic (exact) mass is 332 g/mol. The van der Waals surface area contributed by atoms with Crippen LogP contribution in [-0.2, 0) is 6.42 Å². The molecule has 124 valence electrons. The third kappa shape index (κ3) is 2.89. The lowest BCUT2D eigenvalue weighted by atomic mass is 10.0. The maximum atomic E-state index is 9.72. The Labute approximate surface area is 144 Å². The van der Waals surface area contributed by atoms with Crippen molar-refractivity contribution < 1.29 is 9.84 Å². The molecule has 4 rings (SSSR count). The van der Waals surface area contributed by atoms with Crippen molar-refractivity contribution in [2.24, 2.45) is 0 Å². The molecule has 0 saturated carbocycles. The number of hydrogen-bond donors (Lipinski definition) is 1. The first-order valence-corrected chi connectivity index (χ1v) is 7.84. The summed E-state index contributed by atoms with van der Waals surface area (Å²) < 4.78 is 6.59. The number of aromatic nitrogens is 4. The standard InChI is InChI=1S/C19H16N4O2/c1-25-16-4-2-3-14(10-16)9-13-5-7-15(8-6-13)17-11-22-23-18(17)20-12-21-19(23)24/h2-8,10-12H,9H2,1H3,(H,20,21,24). The predicted octanol–water partition coefficient (Wildman–Crippen LogP) is 3.10. The highest BCUT2D eigenvalue weighted by atomic mass is 16.5. The van der Waals surface area contributed by atoms with Crippen LogP contribution in [0.2, 0.25) is 0 Å². The van der Waals surface area contributed by atoms with Gasteiger partial charge in [-0.15, -0.1) is 0 Å². The van der Waals surface area contributed by atoms with E-state index in [0.717, 1.165) is 23.3 Å². The van der Waals surface area contributed by atoms with Gasteiger partial charge in [-0.1, -0.05) is 36.4 Å². The Balaban J connectivity index is 1.62. The van der Waals surface area contributed by atoms with Gasteiger partial charge in [0.2, 0.25) is 0 Å². The van der Waals surface area contributed by atoms with Crippen molar-refractivity contribution in [2.45, 2.75) is 6.42 Å². The van der Waals surface area contributed by atoms with Crippen LogP contribution in [0.15, 0.2) is 61.1 Å². The highest BCUT2D eigenvalue weighted by Crippen LogP contribution is 2.25. The third-order valence-electron chi connectivity index (χ3n) is 4.09. The zero-order chi connectivity index (χ0) is 17.2. The van der Waals surface area contributed by atoms with E-state index >= 15 is 0 Å². The van der Waals surface area contributed by atoms with E-state index in [4.69, 9.17) is 4.74 Å². The lowest BCUT2D eigenvalue weighted by Crippen LogP contribution is -1.93. The van der Waals surface area contributed by atoms with Crippen molar-refractivity contribution in [3.05, 3.63) is 72.2 Å². The maximum Gasteiger partial charge on any atom is 0.318 e. The SMILES string of the molecule is COc1cccc(Cc2ccc(-c3cnn4c(O)ncnc34)cc2)c1. The van der Waals surface area contributed by atoms with Crippen molar-refractivity contribution in [1.82, 2.24) is 19.6 Å². The quantitative estimate of drug-likeness (QED) is 0.622. The predicted molar refractivity (Wildman–Crippen MR) is 93.7 cm³/mol. The number of aromatic hydroxyl groups is 1. The van der Waals surface area contributed by atoms with Gasteiger partial charge < -0.3 is 9.84 Å². The fraction of sp³-hybridized carbons (Fsp3) is 0.105. The molecule has 6 nitrogen and oxygen atoms in total. The minimum Gasteiger partial charge on any atom is -0.497 e. The molecule has 1 N–H and O–H groups in total.